The van der Waals surface area contributed by atoms with Gasteiger partial charge in [-0.15, -0.1) is 6.07 Å². The third-order valence-corrected chi connectivity index (χ3v) is 2.00. The third-order valence-electron chi connectivity index (χ3n) is 2.00. The first kappa shape index (κ1) is 16.1. The second-order valence-electron chi connectivity index (χ2n) is 3.38. The molecule has 0 aliphatic heterocycles. The van der Waals surface area contributed by atoms with E-state index in [0.29, 0.717) is 0 Å². The van der Waals surface area contributed by atoms with Gasteiger partial charge < -0.3 is 0 Å². The zero-order valence-electron chi connectivity index (χ0n) is 9.55. The van der Waals surface area contributed by atoms with Crippen LogP contribution in [-0.2, 0) is 43.9 Å². The maximum absolute atomic E-state index is 10.6. The summed E-state index contributed by atoms with van der Waals surface area (Å²) in [5, 5.41) is 10.4. The summed E-state index contributed by atoms with van der Waals surface area (Å²) in [6.45, 7) is 1.49. The minimum absolute atomic E-state index is 0. The van der Waals surface area contributed by atoms with Crippen molar-refractivity contribution in [1.82, 2.24) is 0 Å². The second kappa shape index (κ2) is 8.26. The fourth-order valence-electron chi connectivity index (χ4n) is 1.21. The zero-order chi connectivity index (χ0) is 12.0. The number of carbonyl (C=O) groups is 1. The van der Waals surface area contributed by atoms with Gasteiger partial charge in [-0.1, -0.05) is 12.1 Å². The fourth-order valence-corrected chi connectivity index (χ4v) is 1.21. The molecule has 0 saturated carbocycles. The normalized spacial score (nSPS) is 9.94. The summed E-state index contributed by atoms with van der Waals surface area (Å²) in [6, 6.07) is 7.35. The predicted molar refractivity (Wildman–Crippen MR) is 60.1 cm³/mol. The molecule has 1 radical (unpaired) electrons. The van der Waals surface area contributed by atoms with Gasteiger partial charge >= 0.3 is 0 Å². The van der Waals surface area contributed by atoms with Gasteiger partial charge in [0.1, 0.15) is 0 Å². The van der Waals surface area contributed by atoms with Crippen molar-refractivity contribution in [2.45, 2.75) is 19.8 Å². The summed E-state index contributed by atoms with van der Waals surface area (Å²) < 4.78 is 0. The Morgan fingerprint density at radius 1 is 1.53 bits per heavy atom. The van der Waals surface area contributed by atoms with Crippen molar-refractivity contribution in [1.29, 1.82) is 0 Å². The molecule has 1 aromatic rings. The van der Waals surface area contributed by atoms with E-state index < -0.39 is 4.92 Å². The monoisotopic (exact) mass is 307 g/mol. The smallest absolute Gasteiger partial charge is 0.163 e. The summed E-state index contributed by atoms with van der Waals surface area (Å²) >= 11 is 0. The number of hydrogen-bond donors (Lipinski definition) is 0. The fraction of sp³-hybridized carbons (Fsp3) is 0.250. The molecule has 0 unspecified atom stereocenters. The van der Waals surface area contributed by atoms with Gasteiger partial charge in [-0.05, 0) is 25.8 Å². The van der Waals surface area contributed by atoms with Crippen molar-refractivity contribution >= 4 is 11.5 Å². The molecule has 0 bridgehead atoms. The Hall–Kier alpha value is -0.866. The predicted octanol–water partition coefficient (Wildman–Crippen LogP) is 2.47. The van der Waals surface area contributed by atoms with Crippen LogP contribution in [0.4, 0.5) is 5.69 Å². The molecule has 17 heavy (non-hydrogen) atoms. The number of carbonyl (C=O) groups excluding carboxylic acids is 1. The van der Waals surface area contributed by atoms with Crippen molar-refractivity contribution < 1.29 is 42.4 Å². The number of nitrogens with zero attached hydrogens (tertiary/aromatic N) is 1. The Bertz CT molecular complexity index is 412. The van der Waals surface area contributed by atoms with E-state index in [0.717, 1.165) is 18.4 Å². The van der Waals surface area contributed by atoms with E-state index in [1.54, 1.807) is 12.1 Å². The molecule has 0 fully saturated rings. The van der Waals surface area contributed by atoms with E-state index in [1.165, 1.54) is 25.1 Å². The van der Waals surface area contributed by atoms with Crippen LogP contribution >= 0.6 is 0 Å². The zero-order valence-corrected chi connectivity index (χ0v) is 12.4. The van der Waals surface area contributed by atoms with Gasteiger partial charge in [0.2, 0.25) is 0 Å². The number of hydrogen-bond acceptors (Lipinski definition) is 3. The van der Waals surface area contributed by atoms with Gasteiger partial charge in [0, 0.05) is 37.6 Å². The summed E-state index contributed by atoms with van der Waals surface area (Å²) in [4.78, 5) is 20.5. The SMILES string of the molecule is CC(=O)/C=C/CCc1[c-]cc([N+](=O)[O-])cc1.[Y]. The minimum atomic E-state index is -0.448. The number of rotatable bonds is 5. The van der Waals surface area contributed by atoms with Gasteiger partial charge in [0.05, 0.1) is 0 Å². The molecule has 0 aromatic heterocycles. The van der Waals surface area contributed by atoms with Crippen molar-refractivity contribution in [3.63, 3.8) is 0 Å². The number of ketones is 1. The first-order chi connectivity index (χ1) is 7.59. The maximum Gasteiger partial charge on any atom is 0.163 e. The first-order valence-corrected chi connectivity index (χ1v) is 4.91. The molecule has 0 heterocycles. The average Bonchev–Trinajstić information content (AvgIpc) is 2.25. The van der Waals surface area contributed by atoms with Crippen LogP contribution < -0.4 is 0 Å². The molecule has 1 aromatic carbocycles. The van der Waals surface area contributed by atoms with Crippen molar-refractivity contribution in [2.24, 2.45) is 0 Å². The van der Waals surface area contributed by atoms with Gasteiger partial charge in [-0.2, -0.15) is 17.7 Å². The van der Waals surface area contributed by atoms with Crippen molar-refractivity contribution in [3.05, 3.63) is 52.1 Å². The van der Waals surface area contributed by atoms with Crippen LogP contribution in [0, 0.1) is 16.2 Å². The number of aryl methyl sites for hydroxylation is 1. The molecule has 1 rings (SSSR count). The van der Waals surface area contributed by atoms with Crippen molar-refractivity contribution in [2.75, 3.05) is 0 Å². The standard InChI is InChI=1S/C12H12NO3.Y/c1-10(14)4-2-3-5-11-6-8-12(9-7-11)13(15)16;/h2,4,6,8-9H,3,5H2,1H3;/q-1;/b4-2+;. The molecule has 87 valence electrons. The van der Waals surface area contributed by atoms with Crippen LogP contribution in [0.2, 0.25) is 0 Å². The average molecular weight is 307 g/mol. The molecule has 0 N–H and O–H groups in total. The maximum atomic E-state index is 10.6. The summed E-state index contributed by atoms with van der Waals surface area (Å²) in [5.41, 5.74) is 0.946. The van der Waals surface area contributed by atoms with Crippen LogP contribution in [0.25, 0.3) is 0 Å². The third kappa shape index (κ3) is 6.44. The molecule has 0 aliphatic rings. The number of non-ortho nitro benzene ring substituents is 1. The largest absolute Gasteiger partial charge is 0.295 e. The molecule has 0 atom stereocenters. The molecular formula is C12H12NO3Y-. The molecule has 5 heteroatoms. The van der Waals surface area contributed by atoms with Crippen LogP contribution in [0.5, 0.6) is 0 Å². The van der Waals surface area contributed by atoms with E-state index in [4.69, 9.17) is 0 Å². The Balaban J connectivity index is 0.00000256. The van der Waals surface area contributed by atoms with Gasteiger partial charge in [0.15, 0.2) is 11.5 Å². The molecule has 0 spiro atoms. The van der Waals surface area contributed by atoms with E-state index in [1.807, 2.05) is 0 Å². The summed E-state index contributed by atoms with van der Waals surface area (Å²) in [5.74, 6) is 0.0210. The Kier molecular flexibility index (Phi) is 7.84. The Labute approximate surface area is 125 Å². The second-order valence-corrected chi connectivity index (χ2v) is 3.38. The topological polar surface area (TPSA) is 60.2 Å². The van der Waals surface area contributed by atoms with Gasteiger partial charge in [-0.3, -0.25) is 14.9 Å². The first-order valence-electron chi connectivity index (χ1n) is 4.91. The van der Waals surface area contributed by atoms with E-state index in [2.05, 4.69) is 6.07 Å². The van der Waals surface area contributed by atoms with Crippen LogP contribution in [0.1, 0.15) is 18.9 Å². The van der Waals surface area contributed by atoms with E-state index >= 15 is 0 Å². The van der Waals surface area contributed by atoms with E-state index in [-0.39, 0.29) is 44.2 Å². The molecule has 0 saturated heterocycles. The molecule has 0 aliphatic carbocycles. The minimum Gasteiger partial charge on any atom is -0.295 e. The Morgan fingerprint density at radius 3 is 2.71 bits per heavy atom. The summed E-state index contributed by atoms with van der Waals surface area (Å²) in [7, 11) is 0. The number of allylic oxidation sites excluding steroid dienone is 2. The number of benzene rings is 1. The van der Waals surface area contributed by atoms with Gasteiger partial charge in [0.25, 0.3) is 0 Å². The quantitative estimate of drug-likeness (QED) is 0.363. The van der Waals surface area contributed by atoms with Gasteiger partial charge in [-0.25, -0.2) is 0 Å². The summed E-state index contributed by atoms with van der Waals surface area (Å²) in [6.07, 6.45) is 4.76. The van der Waals surface area contributed by atoms with E-state index in [9.17, 15) is 14.9 Å². The van der Waals surface area contributed by atoms with Crippen LogP contribution in [0.3, 0.4) is 0 Å². The van der Waals surface area contributed by atoms with Crippen LogP contribution in [0.15, 0.2) is 30.4 Å². The molecule has 0 amide bonds. The number of nitro groups is 1. The molecular weight excluding hydrogens is 295 g/mol. The van der Waals surface area contributed by atoms with Crippen LogP contribution in [-0.4, -0.2) is 10.7 Å². The Morgan fingerprint density at radius 2 is 2.24 bits per heavy atom. The van der Waals surface area contributed by atoms with Crippen molar-refractivity contribution in [3.8, 4) is 0 Å². The number of nitro benzene ring substituents is 1. The molecule has 4 nitrogen and oxygen atoms in total.